The number of carboxylic acid groups (broad SMARTS) is 1. The standard InChI is InChI=1S/C14H13F3N4O3S/c1-20-3-7(2-18-20)11-19-10(6-25-11)12(22)21-4-8(13(23)24)9(5-21)14(15,16)17/h2-3,6,8-9H,4-5H2,1H3,(H,23,24)/t8-,9-/m1/s1. The van der Waals surface area contributed by atoms with Gasteiger partial charge in [0, 0.05) is 37.3 Å². The number of aryl methyl sites for hydroxylation is 1. The molecule has 0 aliphatic carbocycles. The first-order chi connectivity index (χ1) is 11.7. The number of aliphatic carboxylic acids is 1. The number of alkyl halides is 3. The van der Waals surface area contributed by atoms with Gasteiger partial charge in [0.05, 0.1) is 18.0 Å². The number of hydrogen-bond donors (Lipinski definition) is 1. The van der Waals surface area contributed by atoms with E-state index in [9.17, 15) is 22.8 Å². The molecule has 2 aromatic heterocycles. The number of aromatic nitrogens is 3. The fourth-order valence-corrected chi connectivity index (χ4v) is 3.52. The second kappa shape index (κ2) is 6.14. The summed E-state index contributed by atoms with van der Waals surface area (Å²) in [7, 11) is 1.72. The van der Waals surface area contributed by atoms with Crippen molar-refractivity contribution in [2.75, 3.05) is 13.1 Å². The number of carboxylic acids is 1. The SMILES string of the molecule is Cn1cc(-c2nc(C(=O)N3C[C@@H](C(F)(F)F)[C@H](C(=O)O)C3)cs2)cn1. The van der Waals surface area contributed by atoms with Crippen LogP contribution in [-0.4, -0.2) is 55.9 Å². The molecule has 7 nitrogen and oxygen atoms in total. The van der Waals surface area contributed by atoms with Crippen LogP contribution in [0.5, 0.6) is 0 Å². The van der Waals surface area contributed by atoms with E-state index in [0.29, 0.717) is 10.6 Å². The van der Waals surface area contributed by atoms with Crippen LogP contribution >= 0.6 is 11.3 Å². The van der Waals surface area contributed by atoms with Crippen LogP contribution in [0.1, 0.15) is 10.5 Å². The number of amides is 1. The lowest BCUT2D eigenvalue weighted by Crippen LogP contribution is -2.34. The highest BCUT2D eigenvalue weighted by Crippen LogP contribution is 2.38. The number of thiazole rings is 1. The van der Waals surface area contributed by atoms with Gasteiger partial charge in [-0.15, -0.1) is 11.3 Å². The smallest absolute Gasteiger partial charge is 0.394 e. The molecule has 0 unspecified atom stereocenters. The van der Waals surface area contributed by atoms with E-state index in [2.05, 4.69) is 10.1 Å². The molecular formula is C14H13F3N4O3S. The molecule has 3 rings (SSSR count). The number of likely N-dealkylation sites (tertiary alicyclic amines) is 1. The van der Waals surface area contributed by atoms with Gasteiger partial charge in [-0.05, 0) is 0 Å². The van der Waals surface area contributed by atoms with Gasteiger partial charge in [0.15, 0.2) is 0 Å². The zero-order chi connectivity index (χ0) is 18.4. The lowest BCUT2D eigenvalue weighted by molar-refractivity contribution is -0.187. The first kappa shape index (κ1) is 17.4. The highest BCUT2D eigenvalue weighted by Gasteiger charge is 2.53. The molecule has 0 saturated carbocycles. The van der Waals surface area contributed by atoms with Gasteiger partial charge >= 0.3 is 12.1 Å². The van der Waals surface area contributed by atoms with E-state index in [1.54, 1.807) is 24.1 Å². The summed E-state index contributed by atoms with van der Waals surface area (Å²) in [6.45, 7) is -1.17. The maximum absolute atomic E-state index is 13.0. The van der Waals surface area contributed by atoms with Gasteiger partial charge in [-0.2, -0.15) is 18.3 Å². The van der Waals surface area contributed by atoms with Crippen LogP contribution in [0.15, 0.2) is 17.8 Å². The van der Waals surface area contributed by atoms with Gasteiger partial charge < -0.3 is 10.0 Å². The average molecular weight is 374 g/mol. The third-order valence-corrected chi connectivity index (χ3v) is 4.91. The van der Waals surface area contributed by atoms with Crippen LogP contribution in [0, 0.1) is 11.8 Å². The Morgan fingerprint density at radius 1 is 1.36 bits per heavy atom. The molecule has 0 radical (unpaired) electrons. The number of rotatable bonds is 3. The predicted molar refractivity (Wildman–Crippen MR) is 80.9 cm³/mol. The number of hydrogen-bond acceptors (Lipinski definition) is 5. The summed E-state index contributed by atoms with van der Waals surface area (Å²) in [6, 6.07) is 0. The molecule has 11 heteroatoms. The van der Waals surface area contributed by atoms with Gasteiger partial charge in [0.1, 0.15) is 10.7 Å². The molecule has 25 heavy (non-hydrogen) atoms. The van der Waals surface area contributed by atoms with Crippen LogP contribution in [0.2, 0.25) is 0 Å². The molecule has 1 aliphatic heterocycles. The summed E-state index contributed by atoms with van der Waals surface area (Å²) in [6.07, 6.45) is -1.42. The Morgan fingerprint density at radius 2 is 2.08 bits per heavy atom. The molecule has 1 amide bonds. The molecule has 0 bridgehead atoms. The molecule has 3 heterocycles. The van der Waals surface area contributed by atoms with Crippen molar-refractivity contribution in [3.63, 3.8) is 0 Å². The van der Waals surface area contributed by atoms with Crippen LogP contribution in [0.3, 0.4) is 0 Å². The van der Waals surface area contributed by atoms with Gasteiger partial charge in [0.2, 0.25) is 0 Å². The first-order valence-corrected chi connectivity index (χ1v) is 8.08. The summed E-state index contributed by atoms with van der Waals surface area (Å²) in [4.78, 5) is 28.6. The van der Waals surface area contributed by atoms with Gasteiger partial charge in [0.25, 0.3) is 5.91 Å². The van der Waals surface area contributed by atoms with E-state index < -0.39 is 43.0 Å². The van der Waals surface area contributed by atoms with Crippen molar-refractivity contribution in [1.82, 2.24) is 19.7 Å². The molecule has 1 saturated heterocycles. The summed E-state index contributed by atoms with van der Waals surface area (Å²) in [5.74, 6) is -6.01. The van der Waals surface area contributed by atoms with E-state index >= 15 is 0 Å². The minimum atomic E-state index is -4.68. The molecule has 2 atom stereocenters. The first-order valence-electron chi connectivity index (χ1n) is 7.20. The Bertz CT molecular complexity index is 816. The van der Waals surface area contributed by atoms with Crippen molar-refractivity contribution in [3.8, 4) is 10.6 Å². The fourth-order valence-electron chi connectivity index (χ4n) is 2.75. The zero-order valence-corrected chi connectivity index (χ0v) is 13.7. The minimum Gasteiger partial charge on any atom is -0.481 e. The lowest BCUT2D eigenvalue weighted by atomic mass is 9.96. The van der Waals surface area contributed by atoms with Crippen molar-refractivity contribution in [1.29, 1.82) is 0 Å². The highest BCUT2D eigenvalue weighted by molar-refractivity contribution is 7.13. The van der Waals surface area contributed by atoms with E-state index in [4.69, 9.17) is 5.11 Å². The van der Waals surface area contributed by atoms with E-state index in [-0.39, 0.29) is 5.69 Å². The Morgan fingerprint density at radius 3 is 2.60 bits per heavy atom. The molecule has 0 aromatic carbocycles. The van der Waals surface area contributed by atoms with Crippen LogP contribution < -0.4 is 0 Å². The van der Waals surface area contributed by atoms with Crippen LogP contribution in [0.25, 0.3) is 10.6 Å². The van der Waals surface area contributed by atoms with Gasteiger partial charge in [-0.1, -0.05) is 0 Å². The molecule has 2 aromatic rings. The third kappa shape index (κ3) is 3.36. The number of carbonyl (C=O) groups excluding carboxylic acids is 1. The molecule has 1 aliphatic rings. The normalized spacial score (nSPS) is 20.9. The maximum Gasteiger partial charge on any atom is 0.394 e. The zero-order valence-electron chi connectivity index (χ0n) is 12.9. The Balaban J connectivity index is 1.80. The number of halogens is 3. The van der Waals surface area contributed by atoms with Crippen LogP contribution in [-0.2, 0) is 11.8 Å². The number of nitrogens with zero attached hydrogens (tertiary/aromatic N) is 4. The topological polar surface area (TPSA) is 88.3 Å². The van der Waals surface area contributed by atoms with Gasteiger partial charge in [-0.25, -0.2) is 4.98 Å². The summed E-state index contributed by atoms with van der Waals surface area (Å²) < 4.78 is 40.6. The average Bonchev–Trinajstić information content (AvgIpc) is 3.24. The summed E-state index contributed by atoms with van der Waals surface area (Å²) >= 11 is 1.17. The maximum atomic E-state index is 13.0. The monoisotopic (exact) mass is 374 g/mol. The Hall–Kier alpha value is -2.43. The molecular weight excluding hydrogens is 361 g/mol. The quantitative estimate of drug-likeness (QED) is 0.886. The molecule has 0 spiro atoms. The largest absolute Gasteiger partial charge is 0.481 e. The van der Waals surface area contributed by atoms with E-state index in [0.717, 1.165) is 4.90 Å². The lowest BCUT2D eigenvalue weighted by Gasteiger charge is -2.18. The van der Waals surface area contributed by atoms with Crippen molar-refractivity contribution in [2.45, 2.75) is 6.18 Å². The van der Waals surface area contributed by atoms with E-state index in [1.807, 2.05) is 0 Å². The Kier molecular flexibility index (Phi) is 4.27. The third-order valence-electron chi connectivity index (χ3n) is 4.02. The second-order valence-electron chi connectivity index (χ2n) is 5.74. The minimum absolute atomic E-state index is 0.00387. The van der Waals surface area contributed by atoms with E-state index in [1.165, 1.54) is 16.7 Å². The predicted octanol–water partition coefficient (Wildman–Crippen LogP) is 1.88. The van der Waals surface area contributed by atoms with Gasteiger partial charge in [-0.3, -0.25) is 14.3 Å². The molecule has 1 N–H and O–H groups in total. The van der Waals surface area contributed by atoms with Crippen molar-refractivity contribution >= 4 is 23.2 Å². The molecule has 134 valence electrons. The number of carbonyl (C=O) groups is 2. The van der Waals surface area contributed by atoms with Crippen LogP contribution in [0.4, 0.5) is 13.2 Å². The summed E-state index contributed by atoms with van der Waals surface area (Å²) in [5.41, 5.74) is 0.681. The summed E-state index contributed by atoms with van der Waals surface area (Å²) in [5, 5.41) is 15.0. The highest BCUT2D eigenvalue weighted by atomic mass is 32.1. The Labute approximate surface area is 143 Å². The van der Waals surface area contributed by atoms with Crippen molar-refractivity contribution in [2.24, 2.45) is 18.9 Å². The molecule has 1 fully saturated rings. The van der Waals surface area contributed by atoms with Crippen molar-refractivity contribution in [3.05, 3.63) is 23.5 Å². The fraction of sp³-hybridized carbons (Fsp3) is 0.429. The van der Waals surface area contributed by atoms with Crippen molar-refractivity contribution < 1.29 is 27.9 Å². The second-order valence-corrected chi connectivity index (χ2v) is 6.60.